The fourth-order valence-corrected chi connectivity index (χ4v) is 4.70. The lowest BCUT2D eigenvalue weighted by Gasteiger charge is -2.14. The first kappa shape index (κ1) is 28.7. The van der Waals surface area contributed by atoms with Crippen LogP contribution in [0.2, 0.25) is 5.02 Å². The fraction of sp³-hybridized carbons (Fsp3) is 0.0938. The lowest BCUT2D eigenvalue weighted by molar-refractivity contribution is -0.115. The van der Waals surface area contributed by atoms with Crippen molar-refractivity contribution >= 4 is 58.5 Å². The Morgan fingerprint density at radius 1 is 0.800 bits per heavy atom. The Morgan fingerprint density at radius 2 is 1.50 bits per heavy atom. The molecule has 0 aliphatic carbocycles. The van der Waals surface area contributed by atoms with Crippen LogP contribution in [0.5, 0.6) is 0 Å². The third-order valence-corrected chi connectivity index (χ3v) is 7.15. The molecule has 8 heteroatoms. The van der Waals surface area contributed by atoms with Crippen molar-refractivity contribution in [2.24, 2.45) is 0 Å². The second-order valence-electron chi connectivity index (χ2n) is 9.03. The Labute approximate surface area is 242 Å². The number of rotatable bonds is 9. The maximum absolute atomic E-state index is 13.3. The number of anilines is 2. The number of carbonyl (C=O) groups excluding carboxylic acids is 3. The van der Waals surface area contributed by atoms with E-state index in [4.69, 9.17) is 11.6 Å². The van der Waals surface area contributed by atoms with Crippen molar-refractivity contribution in [3.63, 3.8) is 0 Å². The minimum absolute atomic E-state index is 0.0695. The number of aryl methyl sites for hydroxylation is 1. The molecular formula is C32H28ClN3O3S. The van der Waals surface area contributed by atoms with Crippen molar-refractivity contribution in [1.82, 2.24) is 5.32 Å². The van der Waals surface area contributed by atoms with Gasteiger partial charge in [0.2, 0.25) is 5.91 Å². The summed E-state index contributed by atoms with van der Waals surface area (Å²) < 4.78 is 0. The topological polar surface area (TPSA) is 87.3 Å². The number of nitrogens with one attached hydrogen (secondary N) is 3. The lowest BCUT2D eigenvalue weighted by Crippen LogP contribution is -2.30. The number of benzene rings is 4. The molecule has 202 valence electrons. The summed E-state index contributed by atoms with van der Waals surface area (Å²) in [6.45, 7) is 3.81. The molecule has 0 radical (unpaired) electrons. The fourth-order valence-electron chi connectivity index (χ4n) is 3.65. The van der Waals surface area contributed by atoms with Crippen LogP contribution < -0.4 is 16.0 Å². The molecule has 1 atom stereocenters. The summed E-state index contributed by atoms with van der Waals surface area (Å²) in [5, 5.41) is 8.69. The summed E-state index contributed by atoms with van der Waals surface area (Å²) in [6, 6.07) is 30.4. The highest BCUT2D eigenvalue weighted by molar-refractivity contribution is 8.00. The molecule has 0 heterocycles. The first-order valence-corrected chi connectivity index (χ1v) is 13.8. The Balaban J connectivity index is 1.47. The van der Waals surface area contributed by atoms with Crippen LogP contribution in [0.25, 0.3) is 6.08 Å². The van der Waals surface area contributed by atoms with E-state index in [2.05, 4.69) is 16.0 Å². The Morgan fingerprint density at radius 3 is 2.20 bits per heavy atom. The van der Waals surface area contributed by atoms with Gasteiger partial charge in [0.25, 0.3) is 11.8 Å². The van der Waals surface area contributed by atoms with Gasteiger partial charge in [0.1, 0.15) is 5.70 Å². The van der Waals surface area contributed by atoms with Crippen LogP contribution in [0.4, 0.5) is 11.4 Å². The Bertz CT molecular complexity index is 1520. The number of thioether (sulfide) groups is 1. The molecule has 0 aliphatic heterocycles. The van der Waals surface area contributed by atoms with E-state index in [1.807, 2.05) is 50.2 Å². The zero-order chi connectivity index (χ0) is 28.5. The molecular weight excluding hydrogens is 542 g/mol. The van der Waals surface area contributed by atoms with Gasteiger partial charge in [0.15, 0.2) is 0 Å². The van der Waals surface area contributed by atoms with Crippen LogP contribution in [-0.4, -0.2) is 23.0 Å². The van der Waals surface area contributed by atoms with Crippen molar-refractivity contribution < 1.29 is 14.4 Å². The van der Waals surface area contributed by atoms with E-state index in [1.165, 1.54) is 11.8 Å². The van der Waals surface area contributed by atoms with Gasteiger partial charge in [0, 0.05) is 26.9 Å². The number of carbonyl (C=O) groups is 3. The van der Waals surface area contributed by atoms with Gasteiger partial charge in [-0.05, 0) is 80.1 Å². The van der Waals surface area contributed by atoms with E-state index < -0.39 is 11.8 Å². The highest BCUT2D eigenvalue weighted by atomic mass is 35.5. The predicted octanol–water partition coefficient (Wildman–Crippen LogP) is 7.18. The van der Waals surface area contributed by atoms with Crippen LogP contribution in [0.15, 0.2) is 114 Å². The smallest absolute Gasteiger partial charge is 0.272 e. The second kappa shape index (κ2) is 13.6. The molecule has 0 bridgehead atoms. The molecule has 3 amide bonds. The van der Waals surface area contributed by atoms with Crippen molar-refractivity contribution in [2.75, 3.05) is 10.6 Å². The van der Waals surface area contributed by atoms with E-state index >= 15 is 0 Å². The third-order valence-electron chi connectivity index (χ3n) is 5.80. The van der Waals surface area contributed by atoms with Crippen LogP contribution in [0, 0.1) is 6.92 Å². The molecule has 0 fully saturated rings. The second-order valence-corrected chi connectivity index (χ2v) is 10.9. The highest BCUT2D eigenvalue weighted by Crippen LogP contribution is 2.27. The minimum atomic E-state index is -0.494. The average molecular weight is 570 g/mol. The Kier molecular flexibility index (Phi) is 9.78. The number of amides is 3. The van der Waals surface area contributed by atoms with Gasteiger partial charge in [-0.3, -0.25) is 14.4 Å². The molecule has 1 unspecified atom stereocenters. The van der Waals surface area contributed by atoms with Gasteiger partial charge in [-0.1, -0.05) is 65.7 Å². The first-order valence-electron chi connectivity index (χ1n) is 12.6. The molecule has 0 aromatic heterocycles. The summed E-state index contributed by atoms with van der Waals surface area (Å²) in [6.07, 6.45) is 1.59. The minimum Gasteiger partial charge on any atom is -0.325 e. The molecule has 0 saturated heterocycles. The number of hydrogen-bond donors (Lipinski definition) is 3. The number of hydrogen-bond acceptors (Lipinski definition) is 4. The third kappa shape index (κ3) is 8.33. The van der Waals surface area contributed by atoms with Gasteiger partial charge in [0.05, 0.1) is 5.25 Å². The maximum Gasteiger partial charge on any atom is 0.272 e. The van der Waals surface area contributed by atoms with E-state index in [0.717, 1.165) is 16.1 Å². The van der Waals surface area contributed by atoms with Crippen LogP contribution in [0.1, 0.15) is 28.4 Å². The van der Waals surface area contributed by atoms with Crippen LogP contribution >= 0.6 is 23.4 Å². The first-order chi connectivity index (χ1) is 19.3. The molecule has 4 rings (SSSR count). The normalized spacial score (nSPS) is 11.8. The molecule has 4 aromatic rings. The maximum atomic E-state index is 13.3. The van der Waals surface area contributed by atoms with Crippen molar-refractivity contribution in [3.05, 3.63) is 131 Å². The molecule has 0 spiro atoms. The van der Waals surface area contributed by atoms with E-state index in [9.17, 15) is 14.4 Å². The summed E-state index contributed by atoms with van der Waals surface area (Å²) >= 11 is 7.38. The van der Waals surface area contributed by atoms with E-state index in [1.54, 1.807) is 72.8 Å². The molecule has 0 saturated carbocycles. The van der Waals surface area contributed by atoms with Crippen molar-refractivity contribution in [3.8, 4) is 0 Å². The zero-order valence-corrected chi connectivity index (χ0v) is 23.6. The summed E-state index contributed by atoms with van der Waals surface area (Å²) in [5.41, 5.74) is 3.57. The van der Waals surface area contributed by atoms with Gasteiger partial charge >= 0.3 is 0 Å². The van der Waals surface area contributed by atoms with E-state index in [-0.39, 0.29) is 16.9 Å². The van der Waals surface area contributed by atoms with Gasteiger partial charge in [-0.25, -0.2) is 0 Å². The van der Waals surface area contributed by atoms with Crippen molar-refractivity contribution in [2.45, 2.75) is 24.0 Å². The molecule has 0 aliphatic rings. The monoisotopic (exact) mass is 569 g/mol. The number of halogens is 1. The van der Waals surface area contributed by atoms with Gasteiger partial charge < -0.3 is 16.0 Å². The van der Waals surface area contributed by atoms with Gasteiger partial charge in [-0.15, -0.1) is 11.8 Å². The van der Waals surface area contributed by atoms with Crippen LogP contribution in [0.3, 0.4) is 0 Å². The quantitative estimate of drug-likeness (QED) is 0.147. The van der Waals surface area contributed by atoms with Crippen molar-refractivity contribution in [1.29, 1.82) is 0 Å². The van der Waals surface area contributed by atoms with Gasteiger partial charge in [-0.2, -0.15) is 0 Å². The SMILES string of the molecule is Cc1ccc(NC(=O)C(C)Sc2cccc(NC(=O)/C(=C/c3ccc(Cl)cc3)NC(=O)c3ccccc3)c2)cc1. The molecule has 4 aromatic carbocycles. The lowest BCUT2D eigenvalue weighted by atomic mass is 10.1. The molecule has 6 nitrogen and oxygen atoms in total. The van der Waals surface area contributed by atoms with Crippen LogP contribution in [-0.2, 0) is 9.59 Å². The Hall–Kier alpha value is -4.33. The molecule has 40 heavy (non-hydrogen) atoms. The summed E-state index contributed by atoms with van der Waals surface area (Å²) in [7, 11) is 0. The summed E-state index contributed by atoms with van der Waals surface area (Å²) in [5.74, 6) is -1.03. The standard InChI is InChI=1S/C32H28ClN3O3S/c1-21-11-17-26(18-12-21)34-30(37)22(2)40-28-10-6-9-27(20-28)35-32(39)29(19-23-13-15-25(33)16-14-23)36-31(38)24-7-4-3-5-8-24/h3-20,22H,1-2H3,(H,34,37)(H,35,39)(H,36,38)/b29-19-. The average Bonchev–Trinajstić information content (AvgIpc) is 2.95. The predicted molar refractivity (Wildman–Crippen MR) is 164 cm³/mol. The van der Waals surface area contributed by atoms with E-state index in [0.29, 0.717) is 21.8 Å². The highest BCUT2D eigenvalue weighted by Gasteiger charge is 2.17. The summed E-state index contributed by atoms with van der Waals surface area (Å²) in [4.78, 5) is 39.7. The molecule has 3 N–H and O–H groups in total. The zero-order valence-electron chi connectivity index (χ0n) is 22.0. The largest absolute Gasteiger partial charge is 0.325 e.